The molecule has 18 heavy (non-hydrogen) atoms. The van der Waals surface area contributed by atoms with E-state index in [1.165, 1.54) is 11.3 Å². The van der Waals surface area contributed by atoms with Crippen molar-refractivity contribution in [3.05, 3.63) is 45.9 Å². The zero-order valence-corrected chi connectivity index (χ0v) is 10.7. The minimum atomic E-state index is -0.948. The van der Waals surface area contributed by atoms with E-state index in [0.29, 0.717) is 5.75 Å². The Bertz CT molecular complexity index is 536. The van der Waals surface area contributed by atoms with Crippen molar-refractivity contribution in [2.45, 2.75) is 20.0 Å². The van der Waals surface area contributed by atoms with Crippen LogP contribution in [0.2, 0.25) is 0 Å². The van der Waals surface area contributed by atoms with Gasteiger partial charge in [-0.15, -0.1) is 11.3 Å². The fourth-order valence-electron chi connectivity index (χ4n) is 1.49. The molecule has 0 saturated heterocycles. The van der Waals surface area contributed by atoms with Gasteiger partial charge in [-0.3, -0.25) is 4.98 Å². The lowest BCUT2D eigenvalue weighted by Crippen LogP contribution is -2.01. The van der Waals surface area contributed by atoms with Gasteiger partial charge in [-0.1, -0.05) is 13.0 Å². The van der Waals surface area contributed by atoms with Crippen LogP contribution in [0, 0.1) is 0 Å². The molecule has 2 heterocycles. The summed E-state index contributed by atoms with van der Waals surface area (Å²) in [5.74, 6) is -0.522. The molecule has 4 nitrogen and oxygen atoms in total. The maximum atomic E-state index is 11.1. The van der Waals surface area contributed by atoms with Crippen molar-refractivity contribution in [2.75, 3.05) is 0 Å². The highest BCUT2D eigenvalue weighted by atomic mass is 32.1. The van der Waals surface area contributed by atoms with Crippen molar-refractivity contribution < 1.29 is 14.6 Å². The van der Waals surface area contributed by atoms with Crippen LogP contribution in [0.15, 0.2) is 30.5 Å². The van der Waals surface area contributed by atoms with Gasteiger partial charge in [0.25, 0.3) is 0 Å². The van der Waals surface area contributed by atoms with Crippen LogP contribution in [0.4, 0.5) is 0 Å². The summed E-state index contributed by atoms with van der Waals surface area (Å²) in [6, 6.07) is 7.32. The Hall–Kier alpha value is -1.88. The Labute approximate surface area is 109 Å². The Morgan fingerprint density at radius 1 is 1.50 bits per heavy atom. The van der Waals surface area contributed by atoms with Gasteiger partial charge in [0.15, 0.2) is 4.88 Å². The van der Waals surface area contributed by atoms with Gasteiger partial charge in [0.05, 0.1) is 5.69 Å². The van der Waals surface area contributed by atoms with E-state index in [9.17, 15) is 4.79 Å². The topological polar surface area (TPSA) is 59.4 Å². The molecule has 0 fully saturated rings. The number of carboxylic acid groups (broad SMARTS) is 1. The zero-order valence-electron chi connectivity index (χ0n) is 9.92. The van der Waals surface area contributed by atoms with E-state index in [2.05, 4.69) is 4.98 Å². The normalized spacial score (nSPS) is 10.3. The quantitative estimate of drug-likeness (QED) is 0.901. The van der Waals surface area contributed by atoms with E-state index in [0.717, 1.165) is 17.0 Å². The number of aryl methyl sites for hydroxylation is 1. The number of aromatic nitrogens is 1. The predicted octanol–water partition coefficient (Wildman–Crippen LogP) is 2.98. The van der Waals surface area contributed by atoms with Crippen molar-refractivity contribution in [3.8, 4) is 5.75 Å². The highest BCUT2D eigenvalue weighted by Gasteiger charge is 2.16. The minimum absolute atomic E-state index is 0.253. The Balaban J connectivity index is 2.13. The number of carboxylic acids is 1. The van der Waals surface area contributed by atoms with Crippen molar-refractivity contribution >= 4 is 17.3 Å². The maximum absolute atomic E-state index is 11.1. The summed E-state index contributed by atoms with van der Waals surface area (Å²) in [7, 11) is 0. The summed E-state index contributed by atoms with van der Waals surface area (Å²) in [5.41, 5.74) is 0.776. The first kappa shape index (κ1) is 12.6. The van der Waals surface area contributed by atoms with Crippen LogP contribution in [-0.4, -0.2) is 16.1 Å². The summed E-state index contributed by atoms with van der Waals surface area (Å²) in [6.45, 7) is 2.26. The van der Waals surface area contributed by atoms with Gasteiger partial charge in [0, 0.05) is 11.1 Å². The molecule has 0 bridgehead atoms. The van der Waals surface area contributed by atoms with E-state index in [4.69, 9.17) is 9.84 Å². The molecular formula is C13H13NO3S. The molecule has 0 unspecified atom stereocenters. The Kier molecular flexibility index (Phi) is 3.94. The third-order valence-electron chi connectivity index (χ3n) is 2.39. The summed E-state index contributed by atoms with van der Waals surface area (Å²) in [6.07, 6.45) is 2.49. The van der Waals surface area contributed by atoms with Crippen molar-refractivity contribution in [1.29, 1.82) is 0 Å². The SMILES string of the molecule is CCc1cc(OCc2ccccn2)c(C(=O)O)s1. The molecule has 0 aromatic carbocycles. The van der Waals surface area contributed by atoms with Crippen LogP contribution in [0.25, 0.3) is 0 Å². The Morgan fingerprint density at radius 3 is 2.94 bits per heavy atom. The summed E-state index contributed by atoms with van der Waals surface area (Å²) < 4.78 is 5.53. The first-order valence-electron chi connectivity index (χ1n) is 5.59. The molecule has 0 aliphatic rings. The number of nitrogens with zero attached hydrogens (tertiary/aromatic N) is 1. The highest BCUT2D eigenvalue weighted by Crippen LogP contribution is 2.30. The summed E-state index contributed by atoms with van der Waals surface area (Å²) >= 11 is 1.26. The molecule has 0 radical (unpaired) electrons. The van der Waals surface area contributed by atoms with Crippen molar-refractivity contribution in [3.63, 3.8) is 0 Å². The number of carbonyl (C=O) groups is 1. The monoisotopic (exact) mass is 263 g/mol. The van der Waals surface area contributed by atoms with Gasteiger partial charge in [0.1, 0.15) is 12.4 Å². The minimum Gasteiger partial charge on any atom is -0.485 e. The maximum Gasteiger partial charge on any atom is 0.349 e. The predicted molar refractivity (Wildman–Crippen MR) is 69.2 cm³/mol. The second-order valence-corrected chi connectivity index (χ2v) is 4.81. The molecule has 2 aromatic heterocycles. The van der Waals surface area contributed by atoms with Crippen LogP contribution >= 0.6 is 11.3 Å². The lowest BCUT2D eigenvalue weighted by atomic mass is 10.3. The smallest absolute Gasteiger partial charge is 0.349 e. The van der Waals surface area contributed by atoms with Gasteiger partial charge < -0.3 is 9.84 Å². The molecule has 2 rings (SSSR count). The molecule has 0 saturated carbocycles. The van der Waals surface area contributed by atoms with Gasteiger partial charge in [-0.05, 0) is 24.6 Å². The molecule has 0 amide bonds. The average Bonchev–Trinajstić information content (AvgIpc) is 2.81. The summed E-state index contributed by atoms with van der Waals surface area (Å²) in [5, 5.41) is 9.09. The van der Waals surface area contributed by atoms with Gasteiger partial charge in [-0.2, -0.15) is 0 Å². The number of ether oxygens (including phenoxy) is 1. The molecule has 94 valence electrons. The lowest BCUT2D eigenvalue weighted by molar-refractivity contribution is 0.0697. The number of thiophene rings is 1. The fourth-order valence-corrected chi connectivity index (χ4v) is 2.37. The first-order chi connectivity index (χ1) is 8.70. The van der Waals surface area contributed by atoms with Gasteiger partial charge in [-0.25, -0.2) is 4.79 Å². The highest BCUT2D eigenvalue weighted by molar-refractivity contribution is 7.14. The van der Waals surface area contributed by atoms with Gasteiger partial charge in [0.2, 0.25) is 0 Å². The largest absolute Gasteiger partial charge is 0.485 e. The molecule has 1 N–H and O–H groups in total. The van der Waals surface area contributed by atoms with Crippen molar-refractivity contribution in [1.82, 2.24) is 4.98 Å². The molecule has 2 aromatic rings. The number of pyridine rings is 1. The average molecular weight is 263 g/mol. The Morgan fingerprint density at radius 2 is 2.33 bits per heavy atom. The number of aromatic carboxylic acids is 1. The summed E-state index contributed by atoms with van der Waals surface area (Å²) in [4.78, 5) is 16.5. The standard InChI is InChI=1S/C13H13NO3S/c1-2-10-7-11(12(18-10)13(15)16)17-8-9-5-3-4-6-14-9/h3-7H,2,8H2,1H3,(H,15,16). The third kappa shape index (κ3) is 2.87. The number of hydrogen-bond donors (Lipinski definition) is 1. The molecular weight excluding hydrogens is 250 g/mol. The van der Waals surface area contributed by atoms with Crippen LogP contribution in [0.5, 0.6) is 5.75 Å². The second-order valence-electron chi connectivity index (χ2n) is 3.67. The van der Waals surface area contributed by atoms with Crippen LogP contribution < -0.4 is 4.74 Å². The van der Waals surface area contributed by atoms with Crippen LogP contribution in [0.3, 0.4) is 0 Å². The van der Waals surface area contributed by atoms with E-state index < -0.39 is 5.97 Å². The second kappa shape index (κ2) is 5.64. The lowest BCUT2D eigenvalue weighted by Gasteiger charge is -2.04. The third-order valence-corrected chi connectivity index (χ3v) is 3.64. The van der Waals surface area contributed by atoms with Crippen LogP contribution in [0.1, 0.15) is 27.2 Å². The van der Waals surface area contributed by atoms with E-state index in [1.54, 1.807) is 12.3 Å². The van der Waals surface area contributed by atoms with E-state index in [1.807, 2.05) is 25.1 Å². The molecule has 0 spiro atoms. The van der Waals surface area contributed by atoms with Crippen LogP contribution in [-0.2, 0) is 13.0 Å². The van der Waals surface area contributed by atoms with E-state index >= 15 is 0 Å². The van der Waals surface area contributed by atoms with Gasteiger partial charge >= 0.3 is 5.97 Å². The first-order valence-corrected chi connectivity index (χ1v) is 6.41. The molecule has 0 atom stereocenters. The zero-order chi connectivity index (χ0) is 13.0. The number of hydrogen-bond acceptors (Lipinski definition) is 4. The van der Waals surface area contributed by atoms with Crippen molar-refractivity contribution in [2.24, 2.45) is 0 Å². The molecule has 0 aliphatic heterocycles. The fraction of sp³-hybridized carbons (Fsp3) is 0.231. The van der Waals surface area contributed by atoms with E-state index in [-0.39, 0.29) is 11.5 Å². The molecule has 5 heteroatoms. The molecule has 0 aliphatic carbocycles. The number of rotatable bonds is 5.